The topological polar surface area (TPSA) is 82.6 Å². The van der Waals surface area contributed by atoms with Crippen LogP contribution < -0.4 is 9.62 Å². The summed E-state index contributed by atoms with van der Waals surface area (Å²) in [6.45, 7) is 3.63. The summed E-state index contributed by atoms with van der Waals surface area (Å²) >= 11 is 0. The molecule has 0 fully saturated rings. The molecule has 1 amide bonds. The number of amides is 1. The Hall–Kier alpha value is -2.45. The molecule has 0 aliphatic heterocycles. The molecule has 0 bridgehead atoms. The van der Waals surface area contributed by atoms with Crippen molar-refractivity contribution in [1.82, 2.24) is 14.6 Å². The molecular formula is C18H24N4O3S. The van der Waals surface area contributed by atoms with Crippen LogP contribution in [0.1, 0.15) is 16.8 Å². The van der Waals surface area contributed by atoms with Gasteiger partial charge in [0.15, 0.2) is 0 Å². The van der Waals surface area contributed by atoms with E-state index in [0.29, 0.717) is 11.4 Å². The summed E-state index contributed by atoms with van der Waals surface area (Å²) in [4.78, 5) is 16.5. The number of benzene rings is 1. The SMILES string of the molecule is Cc1ccc(C)c(N(CC(=O)NCc2ccccn2)S(=O)(=O)N(C)C)c1. The fourth-order valence-electron chi connectivity index (χ4n) is 2.35. The molecule has 0 radical (unpaired) electrons. The molecule has 26 heavy (non-hydrogen) atoms. The molecule has 1 aromatic heterocycles. The molecule has 0 saturated heterocycles. The zero-order chi connectivity index (χ0) is 19.3. The first-order valence-corrected chi connectivity index (χ1v) is 9.55. The molecular weight excluding hydrogens is 352 g/mol. The predicted molar refractivity (Wildman–Crippen MR) is 102 cm³/mol. The van der Waals surface area contributed by atoms with E-state index in [0.717, 1.165) is 19.7 Å². The molecule has 0 aliphatic carbocycles. The largest absolute Gasteiger partial charge is 0.349 e. The second-order valence-electron chi connectivity index (χ2n) is 6.18. The highest BCUT2D eigenvalue weighted by Crippen LogP contribution is 2.25. The smallest absolute Gasteiger partial charge is 0.304 e. The maximum absolute atomic E-state index is 12.8. The summed E-state index contributed by atoms with van der Waals surface area (Å²) in [5.41, 5.74) is 2.89. The molecule has 0 spiro atoms. The summed E-state index contributed by atoms with van der Waals surface area (Å²) in [5.74, 6) is -0.401. The van der Waals surface area contributed by atoms with E-state index < -0.39 is 16.1 Å². The maximum atomic E-state index is 12.8. The number of aromatic nitrogens is 1. The van der Waals surface area contributed by atoms with E-state index in [1.54, 1.807) is 24.4 Å². The van der Waals surface area contributed by atoms with Crippen molar-refractivity contribution in [2.45, 2.75) is 20.4 Å². The van der Waals surface area contributed by atoms with Gasteiger partial charge in [0.05, 0.1) is 17.9 Å². The summed E-state index contributed by atoms with van der Waals surface area (Å²) in [7, 11) is -0.932. The third-order valence-electron chi connectivity index (χ3n) is 3.85. The number of rotatable bonds is 7. The molecule has 140 valence electrons. The summed E-state index contributed by atoms with van der Waals surface area (Å²) in [5, 5.41) is 2.72. The average Bonchev–Trinajstić information content (AvgIpc) is 2.60. The van der Waals surface area contributed by atoms with Crippen LogP contribution in [0.3, 0.4) is 0 Å². The fraction of sp³-hybridized carbons (Fsp3) is 0.333. The van der Waals surface area contributed by atoms with Crippen molar-refractivity contribution in [2.75, 3.05) is 24.9 Å². The minimum Gasteiger partial charge on any atom is -0.349 e. The minimum absolute atomic E-state index is 0.238. The van der Waals surface area contributed by atoms with Gasteiger partial charge in [0.2, 0.25) is 5.91 Å². The molecule has 1 aromatic carbocycles. The highest BCUT2D eigenvalue weighted by atomic mass is 32.2. The van der Waals surface area contributed by atoms with Gasteiger partial charge >= 0.3 is 10.2 Å². The van der Waals surface area contributed by atoms with Gasteiger partial charge in [-0.2, -0.15) is 12.7 Å². The number of hydrogen-bond acceptors (Lipinski definition) is 4. The van der Waals surface area contributed by atoms with Crippen molar-refractivity contribution in [3.8, 4) is 0 Å². The van der Waals surface area contributed by atoms with Gasteiger partial charge in [-0.1, -0.05) is 18.2 Å². The normalized spacial score (nSPS) is 11.4. The Morgan fingerprint density at radius 1 is 1.15 bits per heavy atom. The highest BCUT2D eigenvalue weighted by Gasteiger charge is 2.28. The van der Waals surface area contributed by atoms with Gasteiger partial charge in [-0.3, -0.25) is 9.78 Å². The van der Waals surface area contributed by atoms with Crippen LogP contribution in [0.25, 0.3) is 0 Å². The van der Waals surface area contributed by atoms with Crippen LogP contribution in [0.5, 0.6) is 0 Å². The molecule has 0 saturated carbocycles. The number of carbonyl (C=O) groups excluding carboxylic acids is 1. The third kappa shape index (κ3) is 4.80. The number of pyridine rings is 1. The van der Waals surface area contributed by atoms with E-state index in [-0.39, 0.29) is 13.1 Å². The van der Waals surface area contributed by atoms with E-state index in [2.05, 4.69) is 10.3 Å². The third-order valence-corrected chi connectivity index (χ3v) is 5.66. The van der Waals surface area contributed by atoms with Crippen LogP contribution in [-0.4, -0.2) is 44.3 Å². The Morgan fingerprint density at radius 2 is 1.88 bits per heavy atom. The molecule has 8 heteroatoms. The number of nitrogens with one attached hydrogen (secondary N) is 1. The van der Waals surface area contributed by atoms with Gasteiger partial charge in [-0.25, -0.2) is 4.31 Å². The Morgan fingerprint density at radius 3 is 2.50 bits per heavy atom. The first-order chi connectivity index (χ1) is 12.2. The van der Waals surface area contributed by atoms with Gasteiger partial charge in [-0.05, 0) is 43.2 Å². The standard InChI is InChI=1S/C18H24N4O3S/c1-14-8-9-15(2)17(11-14)22(26(24,25)21(3)4)13-18(23)20-12-16-7-5-6-10-19-16/h5-11H,12-13H2,1-4H3,(H,20,23). The van der Waals surface area contributed by atoms with Gasteiger partial charge in [0, 0.05) is 20.3 Å². The molecule has 1 heterocycles. The van der Waals surface area contributed by atoms with Crippen LogP contribution in [0.4, 0.5) is 5.69 Å². The number of carbonyl (C=O) groups is 1. The van der Waals surface area contributed by atoms with E-state index in [9.17, 15) is 13.2 Å². The molecule has 7 nitrogen and oxygen atoms in total. The maximum Gasteiger partial charge on any atom is 0.304 e. The summed E-state index contributed by atoms with van der Waals surface area (Å²) in [6, 6.07) is 10.9. The molecule has 1 N–H and O–H groups in total. The molecule has 2 rings (SSSR count). The van der Waals surface area contributed by atoms with Crippen molar-refractivity contribution in [3.05, 3.63) is 59.4 Å². The van der Waals surface area contributed by atoms with E-state index in [1.165, 1.54) is 14.1 Å². The van der Waals surface area contributed by atoms with E-state index in [4.69, 9.17) is 0 Å². The Kier molecular flexibility index (Phi) is 6.33. The van der Waals surface area contributed by atoms with Gasteiger partial charge in [-0.15, -0.1) is 0 Å². The highest BCUT2D eigenvalue weighted by molar-refractivity contribution is 7.90. The average molecular weight is 376 g/mol. The van der Waals surface area contributed by atoms with Crippen molar-refractivity contribution in [3.63, 3.8) is 0 Å². The van der Waals surface area contributed by atoms with Gasteiger partial charge < -0.3 is 5.32 Å². The van der Waals surface area contributed by atoms with Crippen LogP contribution in [0, 0.1) is 13.8 Å². The number of aryl methyl sites for hydroxylation is 2. The van der Waals surface area contributed by atoms with E-state index in [1.807, 2.05) is 32.0 Å². The predicted octanol–water partition coefficient (Wildman–Crippen LogP) is 1.63. The molecule has 0 atom stereocenters. The Labute approximate surface area is 154 Å². The number of anilines is 1. The first-order valence-electron chi connectivity index (χ1n) is 8.16. The molecule has 0 unspecified atom stereocenters. The number of nitrogens with zero attached hydrogens (tertiary/aromatic N) is 3. The lowest BCUT2D eigenvalue weighted by Crippen LogP contribution is -2.46. The van der Waals surface area contributed by atoms with Gasteiger partial charge in [0.1, 0.15) is 6.54 Å². The van der Waals surface area contributed by atoms with E-state index >= 15 is 0 Å². The fourth-order valence-corrected chi connectivity index (χ4v) is 3.47. The zero-order valence-electron chi connectivity index (χ0n) is 15.4. The minimum atomic E-state index is -3.82. The van der Waals surface area contributed by atoms with Crippen molar-refractivity contribution >= 4 is 21.8 Å². The van der Waals surface area contributed by atoms with Gasteiger partial charge in [0.25, 0.3) is 0 Å². The lowest BCUT2D eigenvalue weighted by atomic mass is 10.1. The number of hydrogen-bond donors (Lipinski definition) is 1. The Bertz CT molecular complexity index is 867. The van der Waals surface area contributed by atoms with Crippen molar-refractivity contribution in [1.29, 1.82) is 0 Å². The van der Waals surface area contributed by atoms with Crippen molar-refractivity contribution < 1.29 is 13.2 Å². The second kappa shape index (κ2) is 8.29. The molecule has 2 aromatic rings. The zero-order valence-corrected chi connectivity index (χ0v) is 16.2. The van der Waals surface area contributed by atoms with Crippen molar-refractivity contribution in [2.24, 2.45) is 0 Å². The monoisotopic (exact) mass is 376 g/mol. The lowest BCUT2D eigenvalue weighted by Gasteiger charge is -2.28. The van der Waals surface area contributed by atoms with Crippen LogP contribution in [-0.2, 0) is 21.5 Å². The summed E-state index contributed by atoms with van der Waals surface area (Å²) < 4.78 is 27.8. The summed E-state index contributed by atoms with van der Waals surface area (Å²) in [6.07, 6.45) is 1.64. The molecule has 0 aliphatic rings. The van der Waals surface area contributed by atoms with Crippen LogP contribution >= 0.6 is 0 Å². The Balaban J connectivity index is 2.24. The lowest BCUT2D eigenvalue weighted by molar-refractivity contribution is -0.119. The van der Waals surface area contributed by atoms with Crippen LogP contribution in [0.15, 0.2) is 42.6 Å². The van der Waals surface area contributed by atoms with Crippen LogP contribution in [0.2, 0.25) is 0 Å². The first kappa shape index (κ1) is 19.9. The quantitative estimate of drug-likeness (QED) is 0.796. The second-order valence-corrected chi connectivity index (χ2v) is 8.25.